The van der Waals surface area contributed by atoms with E-state index in [2.05, 4.69) is 5.32 Å². The zero-order valence-electron chi connectivity index (χ0n) is 10.5. The van der Waals surface area contributed by atoms with E-state index in [9.17, 15) is 10.0 Å². The van der Waals surface area contributed by atoms with Gasteiger partial charge in [0.05, 0.1) is 17.9 Å². The zero-order valence-corrected chi connectivity index (χ0v) is 10.5. The van der Waals surface area contributed by atoms with Crippen LogP contribution in [-0.4, -0.2) is 12.5 Å². The number of pyridine rings is 1. The predicted octanol–water partition coefficient (Wildman–Crippen LogP) is 1.97. The molecule has 19 heavy (non-hydrogen) atoms. The minimum absolute atomic E-state index is 0.284. The second kappa shape index (κ2) is 5.86. The number of anilines is 1. The number of carbonyl (C=O) groups is 1. The summed E-state index contributed by atoms with van der Waals surface area (Å²) in [6, 6.07) is 10.1. The van der Waals surface area contributed by atoms with E-state index >= 15 is 0 Å². The SMILES string of the molecule is CCOc1ccccc1NC(=O)c1cc[n+]([O-])cc1. The summed E-state index contributed by atoms with van der Waals surface area (Å²) in [5, 5.41) is 13.7. The summed E-state index contributed by atoms with van der Waals surface area (Å²) in [5.41, 5.74) is 1.02. The molecule has 0 fully saturated rings. The van der Waals surface area contributed by atoms with Crippen molar-refractivity contribution in [2.45, 2.75) is 6.92 Å². The molecular formula is C14H14N2O3. The van der Waals surface area contributed by atoms with E-state index in [1.165, 1.54) is 24.5 Å². The van der Waals surface area contributed by atoms with Crippen LogP contribution in [0.15, 0.2) is 48.8 Å². The van der Waals surface area contributed by atoms with Crippen LogP contribution < -0.4 is 14.8 Å². The third-order valence-electron chi connectivity index (χ3n) is 2.50. The molecule has 1 N–H and O–H groups in total. The summed E-state index contributed by atoms with van der Waals surface area (Å²) in [7, 11) is 0. The molecule has 1 aromatic carbocycles. The minimum Gasteiger partial charge on any atom is -0.619 e. The molecule has 1 aromatic heterocycles. The van der Waals surface area contributed by atoms with Gasteiger partial charge in [0.2, 0.25) is 0 Å². The first-order valence-corrected chi connectivity index (χ1v) is 5.92. The maximum atomic E-state index is 12.0. The lowest BCUT2D eigenvalue weighted by atomic mass is 10.2. The molecule has 0 bridgehead atoms. The number of rotatable bonds is 4. The van der Waals surface area contributed by atoms with Gasteiger partial charge in [-0.3, -0.25) is 4.79 Å². The molecule has 0 aliphatic heterocycles. The van der Waals surface area contributed by atoms with Crippen molar-refractivity contribution in [3.05, 3.63) is 59.6 Å². The summed E-state index contributed by atoms with van der Waals surface area (Å²) < 4.78 is 6.05. The molecule has 1 amide bonds. The van der Waals surface area contributed by atoms with Gasteiger partial charge >= 0.3 is 0 Å². The Kier molecular flexibility index (Phi) is 3.97. The van der Waals surface area contributed by atoms with E-state index < -0.39 is 0 Å². The predicted molar refractivity (Wildman–Crippen MR) is 71.0 cm³/mol. The van der Waals surface area contributed by atoms with Crippen LogP contribution in [0.5, 0.6) is 5.75 Å². The van der Waals surface area contributed by atoms with Crippen LogP contribution in [0.2, 0.25) is 0 Å². The maximum absolute atomic E-state index is 12.0. The summed E-state index contributed by atoms with van der Waals surface area (Å²) >= 11 is 0. The van der Waals surface area contributed by atoms with Crippen LogP contribution in [-0.2, 0) is 0 Å². The van der Waals surface area contributed by atoms with E-state index in [1.54, 1.807) is 12.1 Å². The quantitative estimate of drug-likeness (QED) is 0.673. The van der Waals surface area contributed by atoms with Crippen LogP contribution in [0.25, 0.3) is 0 Å². The molecule has 0 saturated heterocycles. The Balaban J connectivity index is 2.16. The smallest absolute Gasteiger partial charge is 0.256 e. The topological polar surface area (TPSA) is 65.3 Å². The van der Waals surface area contributed by atoms with Crippen LogP contribution >= 0.6 is 0 Å². The van der Waals surface area contributed by atoms with Gasteiger partial charge in [-0.2, -0.15) is 4.73 Å². The number of nitrogens with zero attached hydrogens (tertiary/aromatic N) is 1. The fourth-order valence-electron chi connectivity index (χ4n) is 1.61. The third-order valence-corrected chi connectivity index (χ3v) is 2.50. The molecule has 0 atom stereocenters. The molecule has 5 heteroatoms. The average molecular weight is 258 g/mol. The highest BCUT2D eigenvalue weighted by molar-refractivity contribution is 6.04. The fraction of sp³-hybridized carbons (Fsp3) is 0.143. The van der Waals surface area contributed by atoms with Gasteiger partial charge in [0.1, 0.15) is 5.75 Å². The standard InChI is InChI=1S/C14H14N2O3/c1-2-19-13-6-4-3-5-12(13)15-14(17)11-7-9-16(18)10-8-11/h3-10H,2H2,1H3,(H,15,17). The number of hydrogen-bond acceptors (Lipinski definition) is 3. The Labute approximate surface area is 111 Å². The molecule has 0 spiro atoms. The summed E-state index contributed by atoms with van der Waals surface area (Å²) in [5.74, 6) is 0.334. The summed E-state index contributed by atoms with van der Waals surface area (Å²) in [6.45, 7) is 2.40. The number of nitrogens with one attached hydrogen (secondary N) is 1. The molecular weight excluding hydrogens is 244 g/mol. The zero-order chi connectivity index (χ0) is 13.7. The van der Waals surface area contributed by atoms with Crippen molar-refractivity contribution in [2.24, 2.45) is 0 Å². The van der Waals surface area contributed by atoms with Gasteiger partial charge in [-0.15, -0.1) is 0 Å². The van der Waals surface area contributed by atoms with Crippen molar-refractivity contribution in [1.82, 2.24) is 0 Å². The largest absolute Gasteiger partial charge is 0.619 e. The van der Waals surface area contributed by atoms with Crippen LogP contribution in [0.1, 0.15) is 17.3 Å². The van der Waals surface area contributed by atoms with Crippen molar-refractivity contribution >= 4 is 11.6 Å². The van der Waals surface area contributed by atoms with Gasteiger partial charge in [0.15, 0.2) is 12.4 Å². The lowest BCUT2D eigenvalue weighted by Gasteiger charge is -2.11. The minimum atomic E-state index is -0.284. The number of carbonyl (C=O) groups excluding carboxylic acids is 1. The molecule has 98 valence electrons. The maximum Gasteiger partial charge on any atom is 0.256 e. The van der Waals surface area contributed by atoms with E-state index in [0.29, 0.717) is 28.3 Å². The van der Waals surface area contributed by atoms with Gasteiger partial charge in [0, 0.05) is 12.1 Å². The molecule has 2 aromatic rings. The van der Waals surface area contributed by atoms with Crippen LogP contribution in [0.4, 0.5) is 5.69 Å². The Morgan fingerprint density at radius 3 is 2.63 bits per heavy atom. The number of para-hydroxylation sites is 2. The Hall–Kier alpha value is -2.56. The first-order chi connectivity index (χ1) is 9.20. The van der Waals surface area contributed by atoms with Gasteiger partial charge in [0.25, 0.3) is 5.91 Å². The van der Waals surface area contributed by atoms with Gasteiger partial charge < -0.3 is 15.3 Å². The summed E-state index contributed by atoms with van der Waals surface area (Å²) in [4.78, 5) is 12.0. The molecule has 0 aliphatic carbocycles. The fourth-order valence-corrected chi connectivity index (χ4v) is 1.61. The number of ether oxygens (including phenoxy) is 1. The number of aromatic nitrogens is 1. The van der Waals surface area contributed by atoms with Crippen molar-refractivity contribution in [3.8, 4) is 5.75 Å². The Morgan fingerprint density at radius 2 is 1.95 bits per heavy atom. The highest BCUT2D eigenvalue weighted by atomic mass is 16.5. The average Bonchev–Trinajstić information content (AvgIpc) is 2.42. The number of hydrogen-bond donors (Lipinski definition) is 1. The van der Waals surface area contributed by atoms with E-state index in [1.807, 2.05) is 19.1 Å². The number of benzene rings is 1. The third kappa shape index (κ3) is 3.22. The molecule has 0 radical (unpaired) electrons. The van der Waals surface area contributed by atoms with Crippen LogP contribution in [0.3, 0.4) is 0 Å². The van der Waals surface area contributed by atoms with Gasteiger partial charge in [-0.1, -0.05) is 12.1 Å². The van der Waals surface area contributed by atoms with Crippen molar-refractivity contribution < 1.29 is 14.3 Å². The lowest BCUT2D eigenvalue weighted by Crippen LogP contribution is -2.25. The van der Waals surface area contributed by atoms with Crippen molar-refractivity contribution in [1.29, 1.82) is 0 Å². The first-order valence-electron chi connectivity index (χ1n) is 5.92. The van der Waals surface area contributed by atoms with Crippen molar-refractivity contribution in [2.75, 3.05) is 11.9 Å². The highest BCUT2D eigenvalue weighted by Crippen LogP contribution is 2.24. The van der Waals surface area contributed by atoms with Crippen molar-refractivity contribution in [3.63, 3.8) is 0 Å². The molecule has 0 saturated carbocycles. The summed E-state index contributed by atoms with van der Waals surface area (Å²) in [6.07, 6.45) is 2.56. The molecule has 0 aliphatic rings. The normalized spacial score (nSPS) is 9.95. The molecule has 0 unspecified atom stereocenters. The van der Waals surface area contributed by atoms with Gasteiger partial charge in [-0.05, 0) is 19.1 Å². The van der Waals surface area contributed by atoms with E-state index in [-0.39, 0.29) is 5.91 Å². The lowest BCUT2D eigenvalue weighted by molar-refractivity contribution is -0.605. The van der Waals surface area contributed by atoms with Crippen LogP contribution in [0, 0.1) is 5.21 Å². The molecule has 5 nitrogen and oxygen atoms in total. The molecule has 2 rings (SSSR count). The number of amides is 1. The second-order valence-electron chi connectivity index (χ2n) is 3.83. The van der Waals surface area contributed by atoms with E-state index in [0.717, 1.165) is 0 Å². The highest BCUT2D eigenvalue weighted by Gasteiger charge is 2.10. The Morgan fingerprint density at radius 1 is 1.26 bits per heavy atom. The Bertz CT molecular complexity index is 567. The molecule has 1 heterocycles. The van der Waals surface area contributed by atoms with Gasteiger partial charge in [-0.25, -0.2) is 0 Å². The van der Waals surface area contributed by atoms with E-state index in [4.69, 9.17) is 4.74 Å². The first kappa shape index (κ1) is 12.9. The monoisotopic (exact) mass is 258 g/mol. The second-order valence-corrected chi connectivity index (χ2v) is 3.83.